The van der Waals surface area contributed by atoms with Crippen LogP contribution in [0.3, 0.4) is 0 Å². The molecule has 0 amide bonds. The SMILES string of the molecule is COCCCNS(=O)(=O)c1ccc(Cl)c(Cl)c1. The lowest BCUT2D eigenvalue weighted by molar-refractivity contribution is 0.196. The Labute approximate surface area is 111 Å². The van der Waals surface area contributed by atoms with Gasteiger partial charge in [0.1, 0.15) is 0 Å². The van der Waals surface area contributed by atoms with Gasteiger partial charge in [0.05, 0.1) is 14.9 Å². The van der Waals surface area contributed by atoms with Crippen molar-refractivity contribution in [2.75, 3.05) is 20.3 Å². The van der Waals surface area contributed by atoms with Crippen molar-refractivity contribution in [3.63, 3.8) is 0 Å². The van der Waals surface area contributed by atoms with Crippen LogP contribution in [0.25, 0.3) is 0 Å². The largest absolute Gasteiger partial charge is 0.385 e. The molecule has 0 saturated heterocycles. The number of hydrogen-bond donors (Lipinski definition) is 1. The van der Waals surface area contributed by atoms with Crippen LogP contribution in [0.4, 0.5) is 0 Å². The minimum absolute atomic E-state index is 0.101. The summed E-state index contributed by atoms with van der Waals surface area (Å²) < 4.78 is 30.9. The first-order valence-electron chi connectivity index (χ1n) is 4.91. The van der Waals surface area contributed by atoms with Gasteiger partial charge in [0, 0.05) is 20.3 Å². The molecule has 0 atom stereocenters. The van der Waals surface area contributed by atoms with E-state index in [0.29, 0.717) is 24.6 Å². The van der Waals surface area contributed by atoms with Crippen LogP contribution in [0.1, 0.15) is 6.42 Å². The number of rotatable bonds is 6. The zero-order valence-electron chi connectivity index (χ0n) is 9.24. The van der Waals surface area contributed by atoms with E-state index in [4.69, 9.17) is 27.9 Å². The second kappa shape index (κ2) is 6.56. The van der Waals surface area contributed by atoms with Gasteiger partial charge in [-0.05, 0) is 24.6 Å². The average molecular weight is 298 g/mol. The molecule has 1 N–H and O–H groups in total. The van der Waals surface area contributed by atoms with Crippen molar-refractivity contribution in [3.05, 3.63) is 28.2 Å². The lowest BCUT2D eigenvalue weighted by Crippen LogP contribution is -2.25. The fourth-order valence-electron chi connectivity index (χ4n) is 1.15. The maximum Gasteiger partial charge on any atom is 0.240 e. The summed E-state index contributed by atoms with van der Waals surface area (Å²) in [6, 6.07) is 4.18. The minimum atomic E-state index is -3.53. The molecule has 0 aromatic heterocycles. The van der Waals surface area contributed by atoms with E-state index >= 15 is 0 Å². The van der Waals surface area contributed by atoms with Gasteiger partial charge < -0.3 is 4.74 Å². The van der Waals surface area contributed by atoms with Crippen LogP contribution in [-0.4, -0.2) is 28.7 Å². The summed E-state index contributed by atoms with van der Waals surface area (Å²) in [5.74, 6) is 0. The maximum atomic E-state index is 11.8. The standard InChI is InChI=1S/C10H13Cl2NO3S/c1-16-6-2-5-13-17(14,15)8-3-4-9(11)10(12)7-8/h3-4,7,13H,2,5-6H2,1H3. The first kappa shape index (κ1) is 14.7. The van der Waals surface area contributed by atoms with Crippen LogP contribution in [0.15, 0.2) is 23.1 Å². The molecule has 0 bridgehead atoms. The molecule has 7 heteroatoms. The molecule has 0 saturated carbocycles. The molecule has 0 aliphatic carbocycles. The van der Waals surface area contributed by atoms with E-state index in [1.807, 2.05) is 0 Å². The Hall–Kier alpha value is -0.330. The van der Waals surface area contributed by atoms with Crippen molar-refractivity contribution in [3.8, 4) is 0 Å². The Kier molecular flexibility index (Phi) is 5.69. The Morgan fingerprint density at radius 1 is 1.29 bits per heavy atom. The van der Waals surface area contributed by atoms with Gasteiger partial charge >= 0.3 is 0 Å². The van der Waals surface area contributed by atoms with Gasteiger partial charge in [-0.3, -0.25) is 0 Å². The Bertz CT molecular complexity index is 476. The molecule has 0 aliphatic heterocycles. The van der Waals surface area contributed by atoms with E-state index in [0.717, 1.165) is 0 Å². The molecular formula is C10H13Cl2NO3S. The number of methoxy groups -OCH3 is 1. The first-order chi connectivity index (χ1) is 7.97. The highest BCUT2D eigenvalue weighted by atomic mass is 35.5. The molecular weight excluding hydrogens is 285 g/mol. The number of benzene rings is 1. The maximum absolute atomic E-state index is 11.8. The Balaban J connectivity index is 2.72. The molecule has 96 valence electrons. The Morgan fingerprint density at radius 3 is 2.59 bits per heavy atom. The van der Waals surface area contributed by atoms with Crippen molar-refractivity contribution in [2.24, 2.45) is 0 Å². The van der Waals surface area contributed by atoms with Crippen molar-refractivity contribution in [1.82, 2.24) is 4.72 Å². The van der Waals surface area contributed by atoms with Gasteiger partial charge in [0.2, 0.25) is 10.0 Å². The fourth-order valence-corrected chi connectivity index (χ4v) is 2.61. The van der Waals surface area contributed by atoms with Crippen LogP contribution >= 0.6 is 23.2 Å². The second-order valence-electron chi connectivity index (χ2n) is 3.32. The summed E-state index contributed by atoms with van der Waals surface area (Å²) in [6.45, 7) is 0.820. The number of nitrogens with one attached hydrogen (secondary N) is 1. The van der Waals surface area contributed by atoms with Crippen LogP contribution in [-0.2, 0) is 14.8 Å². The smallest absolute Gasteiger partial charge is 0.240 e. The van der Waals surface area contributed by atoms with E-state index in [9.17, 15) is 8.42 Å². The predicted molar refractivity (Wildman–Crippen MR) is 68.1 cm³/mol. The summed E-state index contributed by atoms with van der Waals surface area (Å²) >= 11 is 11.5. The highest BCUT2D eigenvalue weighted by Crippen LogP contribution is 2.24. The van der Waals surface area contributed by atoms with Gasteiger partial charge in [-0.25, -0.2) is 13.1 Å². The van der Waals surface area contributed by atoms with Gasteiger partial charge in [0.15, 0.2) is 0 Å². The van der Waals surface area contributed by atoms with Gasteiger partial charge in [-0.1, -0.05) is 23.2 Å². The minimum Gasteiger partial charge on any atom is -0.385 e. The summed E-state index contributed by atoms with van der Waals surface area (Å²) in [5, 5.41) is 0.538. The number of sulfonamides is 1. The van der Waals surface area contributed by atoms with E-state index in [1.165, 1.54) is 18.2 Å². The predicted octanol–water partition coefficient (Wildman–Crippen LogP) is 2.31. The van der Waals surface area contributed by atoms with Crippen molar-refractivity contribution >= 4 is 33.2 Å². The summed E-state index contributed by atoms with van der Waals surface area (Å²) in [7, 11) is -1.97. The van der Waals surface area contributed by atoms with Gasteiger partial charge in [-0.15, -0.1) is 0 Å². The van der Waals surface area contributed by atoms with Crippen LogP contribution < -0.4 is 4.72 Å². The Morgan fingerprint density at radius 2 is 2.00 bits per heavy atom. The monoisotopic (exact) mass is 297 g/mol. The quantitative estimate of drug-likeness (QED) is 0.820. The molecule has 1 aromatic rings. The molecule has 1 rings (SSSR count). The molecule has 0 spiro atoms. The van der Waals surface area contributed by atoms with Crippen molar-refractivity contribution in [1.29, 1.82) is 0 Å². The van der Waals surface area contributed by atoms with Gasteiger partial charge in [-0.2, -0.15) is 0 Å². The third-order valence-electron chi connectivity index (χ3n) is 2.02. The summed E-state index contributed by atoms with van der Waals surface area (Å²) in [4.78, 5) is 0.101. The van der Waals surface area contributed by atoms with Crippen LogP contribution in [0.2, 0.25) is 10.0 Å². The first-order valence-corrected chi connectivity index (χ1v) is 7.15. The topological polar surface area (TPSA) is 55.4 Å². The fraction of sp³-hybridized carbons (Fsp3) is 0.400. The lowest BCUT2D eigenvalue weighted by Gasteiger charge is -2.07. The summed E-state index contributed by atoms with van der Waals surface area (Å²) in [6.07, 6.45) is 0.608. The van der Waals surface area contributed by atoms with Crippen LogP contribution in [0.5, 0.6) is 0 Å². The third-order valence-corrected chi connectivity index (χ3v) is 4.22. The molecule has 17 heavy (non-hydrogen) atoms. The number of ether oxygens (including phenoxy) is 1. The molecule has 1 aromatic carbocycles. The van der Waals surface area contributed by atoms with Gasteiger partial charge in [0.25, 0.3) is 0 Å². The zero-order valence-corrected chi connectivity index (χ0v) is 11.6. The van der Waals surface area contributed by atoms with E-state index in [2.05, 4.69) is 4.72 Å². The zero-order chi connectivity index (χ0) is 12.9. The highest BCUT2D eigenvalue weighted by Gasteiger charge is 2.14. The molecule has 0 radical (unpaired) electrons. The molecule has 4 nitrogen and oxygen atoms in total. The number of halogens is 2. The average Bonchev–Trinajstić information content (AvgIpc) is 2.28. The molecule has 0 heterocycles. The third kappa shape index (κ3) is 4.44. The molecule has 0 aliphatic rings. The highest BCUT2D eigenvalue weighted by molar-refractivity contribution is 7.89. The van der Waals surface area contributed by atoms with E-state index < -0.39 is 10.0 Å². The van der Waals surface area contributed by atoms with E-state index in [-0.39, 0.29) is 9.92 Å². The normalized spacial score (nSPS) is 11.7. The second-order valence-corrected chi connectivity index (χ2v) is 5.90. The summed E-state index contributed by atoms with van der Waals surface area (Å²) in [5.41, 5.74) is 0. The van der Waals surface area contributed by atoms with E-state index in [1.54, 1.807) is 7.11 Å². The lowest BCUT2D eigenvalue weighted by atomic mass is 10.4. The van der Waals surface area contributed by atoms with Crippen LogP contribution in [0, 0.1) is 0 Å². The van der Waals surface area contributed by atoms with Crippen molar-refractivity contribution < 1.29 is 13.2 Å². The number of hydrogen-bond acceptors (Lipinski definition) is 3. The van der Waals surface area contributed by atoms with Crippen molar-refractivity contribution in [2.45, 2.75) is 11.3 Å². The molecule has 0 unspecified atom stereocenters. The molecule has 0 fully saturated rings.